The van der Waals surface area contributed by atoms with Gasteiger partial charge in [0.05, 0.1) is 11.2 Å². The van der Waals surface area contributed by atoms with E-state index in [1.54, 1.807) is 12.1 Å². The summed E-state index contributed by atoms with van der Waals surface area (Å²) >= 11 is 0. The standard InChI is InChI=1S/C24H32N2O3/c1-23(2,3)29-22(27)20-10-12-21(13-11-20)25(4)17-24(28)14-15-26(18-24)16-19-8-6-5-7-9-19/h5-13,28H,14-18H2,1-4H3. The number of likely N-dealkylation sites (tertiary alicyclic amines) is 1. The summed E-state index contributed by atoms with van der Waals surface area (Å²) in [6.45, 7) is 8.52. The molecular formula is C24H32N2O3. The first-order valence-electron chi connectivity index (χ1n) is 10.2. The highest BCUT2D eigenvalue weighted by atomic mass is 16.6. The van der Waals surface area contributed by atoms with Gasteiger partial charge in [0.2, 0.25) is 0 Å². The van der Waals surface area contributed by atoms with Crippen molar-refractivity contribution in [1.29, 1.82) is 0 Å². The number of aliphatic hydroxyl groups is 1. The minimum atomic E-state index is -0.743. The van der Waals surface area contributed by atoms with Crippen LogP contribution in [0.15, 0.2) is 54.6 Å². The first-order valence-corrected chi connectivity index (χ1v) is 10.2. The van der Waals surface area contributed by atoms with Gasteiger partial charge in [0.25, 0.3) is 0 Å². The van der Waals surface area contributed by atoms with Crippen LogP contribution in [0.2, 0.25) is 0 Å². The fourth-order valence-electron chi connectivity index (χ4n) is 3.77. The molecule has 0 radical (unpaired) electrons. The van der Waals surface area contributed by atoms with E-state index in [-0.39, 0.29) is 5.97 Å². The van der Waals surface area contributed by atoms with E-state index < -0.39 is 11.2 Å². The van der Waals surface area contributed by atoms with Crippen molar-refractivity contribution >= 4 is 11.7 Å². The number of hydrogen-bond donors (Lipinski definition) is 1. The Morgan fingerprint density at radius 2 is 1.79 bits per heavy atom. The van der Waals surface area contributed by atoms with E-state index in [2.05, 4.69) is 17.0 Å². The van der Waals surface area contributed by atoms with Gasteiger partial charge in [-0.25, -0.2) is 4.79 Å². The fourth-order valence-corrected chi connectivity index (χ4v) is 3.77. The minimum Gasteiger partial charge on any atom is -0.456 e. The van der Waals surface area contributed by atoms with Crippen molar-refractivity contribution in [2.24, 2.45) is 0 Å². The number of ether oxygens (including phenoxy) is 1. The molecule has 2 aromatic carbocycles. The number of hydrogen-bond acceptors (Lipinski definition) is 5. The molecule has 1 heterocycles. The molecule has 1 atom stereocenters. The van der Waals surface area contributed by atoms with Gasteiger partial charge in [-0.3, -0.25) is 4.90 Å². The van der Waals surface area contributed by atoms with Gasteiger partial charge in [-0.2, -0.15) is 0 Å². The van der Waals surface area contributed by atoms with E-state index in [4.69, 9.17) is 4.74 Å². The van der Waals surface area contributed by atoms with Crippen LogP contribution in [0.5, 0.6) is 0 Å². The number of esters is 1. The van der Waals surface area contributed by atoms with Crippen LogP contribution in [0, 0.1) is 0 Å². The summed E-state index contributed by atoms with van der Waals surface area (Å²) in [7, 11) is 1.97. The predicted octanol–water partition coefficient (Wildman–Crippen LogP) is 3.72. The van der Waals surface area contributed by atoms with E-state index >= 15 is 0 Å². The summed E-state index contributed by atoms with van der Waals surface area (Å²) in [6.07, 6.45) is 0.750. The van der Waals surface area contributed by atoms with Crippen molar-refractivity contribution in [2.75, 3.05) is 31.6 Å². The molecule has 1 aliphatic rings. The molecule has 5 heteroatoms. The van der Waals surface area contributed by atoms with Crippen molar-refractivity contribution < 1.29 is 14.6 Å². The van der Waals surface area contributed by atoms with Crippen molar-refractivity contribution in [3.8, 4) is 0 Å². The van der Waals surface area contributed by atoms with Gasteiger partial charge in [0.15, 0.2) is 0 Å². The van der Waals surface area contributed by atoms with Gasteiger partial charge in [-0.05, 0) is 57.0 Å². The lowest BCUT2D eigenvalue weighted by Crippen LogP contribution is -2.43. The Labute approximate surface area is 173 Å². The van der Waals surface area contributed by atoms with Gasteiger partial charge in [-0.15, -0.1) is 0 Å². The summed E-state index contributed by atoms with van der Waals surface area (Å²) in [4.78, 5) is 16.5. The molecule has 29 heavy (non-hydrogen) atoms. The number of carbonyl (C=O) groups is 1. The number of anilines is 1. The highest BCUT2D eigenvalue weighted by Crippen LogP contribution is 2.26. The monoisotopic (exact) mass is 396 g/mol. The zero-order valence-electron chi connectivity index (χ0n) is 17.9. The van der Waals surface area contributed by atoms with Crippen LogP contribution in [0.4, 0.5) is 5.69 Å². The van der Waals surface area contributed by atoms with Crippen LogP contribution in [0.1, 0.15) is 43.1 Å². The Bertz CT molecular complexity index is 814. The molecule has 0 amide bonds. The zero-order chi connectivity index (χ0) is 21.1. The lowest BCUT2D eigenvalue weighted by atomic mass is 10.0. The third-order valence-electron chi connectivity index (χ3n) is 5.13. The van der Waals surface area contributed by atoms with E-state index in [1.807, 2.05) is 63.1 Å². The Hall–Kier alpha value is -2.37. The SMILES string of the molecule is CN(CC1(O)CCN(Cc2ccccc2)C1)c1ccc(C(=O)OC(C)(C)C)cc1. The summed E-state index contributed by atoms with van der Waals surface area (Å²) < 4.78 is 5.41. The Balaban J connectivity index is 1.57. The number of benzene rings is 2. The maximum atomic E-state index is 12.2. The molecule has 0 bridgehead atoms. The van der Waals surface area contributed by atoms with Crippen LogP contribution in [-0.2, 0) is 11.3 Å². The van der Waals surface area contributed by atoms with Crippen LogP contribution < -0.4 is 4.90 Å². The first kappa shape index (κ1) is 21.3. The number of carbonyl (C=O) groups excluding carboxylic acids is 1. The van der Waals surface area contributed by atoms with E-state index in [0.717, 1.165) is 25.2 Å². The Kier molecular flexibility index (Phi) is 6.30. The summed E-state index contributed by atoms with van der Waals surface area (Å²) in [5, 5.41) is 11.1. The zero-order valence-corrected chi connectivity index (χ0v) is 17.9. The second-order valence-electron chi connectivity index (χ2n) is 9.08. The number of nitrogens with zero attached hydrogens (tertiary/aromatic N) is 2. The van der Waals surface area contributed by atoms with Gasteiger partial charge in [-0.1, -0.05) is 30.3 Å². The highest BCUT2D eigenvalue weighted by molar-refractivity contribution is 5.90. The number of β-amino-alcohol motifs (C(OH)–C–C–N with tert-alkyl or cyclic N) is 1. The van der Waals surface area contributed by atoms with Crippen molar-refractivity contribution in [3.05, 3.63) is 65.7 Å². The molecule has 1 saturated heterocycles. The third-order valence-corrected chi connectivity index (χ3v) is 5.13. The van der Waals surface area contributed by atoms with Gasteiger partial charge in [0, 0.05) is 38.9 Å². The van der Waals surface area contributed by atoms with Gasteiger partial charge in [0.1, 0.15) is 5.60 Å². The maximum absolute atomic E-state index is 12.2. The molecular weight excluding hydrogens is 364 g/mol. The molecule has 2 aromatic rings. The summed E-state index contributed by atoms with van der Waals surface area (Å²) in [5.41, 5.74) is 1.51. The molecule has 1 unspecified atom stereocenters. The van der Waals surface area contributed by atoms with Crippen LogP contribution in [0.25, 0.3) is 0 Å². The van der Waals surface area contributed by atoms with Gasteiger partial charge >= 0.3 is 5.97 Å². The molecule has 0 spiro atoms. The fraction of sp³-hybridized carbons (Fsp3) is 0.458. The average Bonchev–Trinajstić information content (AvgIpc) is 3.01. The van der Waals surface area contributed by atoms with Crippen LogP contribution >= 0.6 is 0 Å². The van der Waals surface area contributed by atoms with Crippen LogP contribution in [-0.4, -0.2) is 53.9 Å². The second kappa shape index (κ2) is 8.56. The second-order valence-corrected chi connectivity index (χ2v) is 9.08. The van der Waals surface area contributed by atoms with E-state index in [1.165, 1.54) is 5.56 Å². The summed E-state index contributed by atoms with van der Waals surface area (Å²) in [5.74, 6) is -0.322. The Morgan fingerprint density at radius 3 is 2.41 bits per heavy atom. The van der Waals surface area contributed by atoms with Crippen molar-refractivity contribution in [2.45, 2.75) is 44.9 Å². The lowest BCUT2D eigenvalue weighted by molar-refractivity contribution is 0.00693. The number of likely N-dealkylation sites (N-methyl/N-ethyl adjacent to an activating group) is 1. The van der Waals surface area contributed by atoms with E-state index in [0.29, 0.717) is 18.7 Å². The highest BCUT2D eigenvalue weighted by Gasteiger charge is 2.37. The minimum absolute atomic E-state index is 0.322. The number of rotatable bonds is 6. The molecule has 1 fully saturated rings. The summed E-state index contributed by atoms with van der Waals surface area (Å²) in [6, 6.07) is 17.7. The maximum Gasteiger partial charge on any atom is 0.338 e. The van der Waals surface area contributed by atoms with E-state index in [9.17, 15) is 9.90 Å². The topological polar surface area (TPSA) is 53.0 Å². The Morgan fingerprint density at radius 1 is 1.14 bits per heavy atom. The lowest BCUT2D eigenvalue weighted by Gasteiger charge is -2.30. The van der Waals surface area contributed by atoms with Gasteiger partial charge < -0.3 is 14.7 Å². The largest absolute Gasteiger partial charge is 0.456 e. The first-order chi connectivity index (χ1) is 13.6. The molecule has 1 N–H and O–H groups in total. The van der Waals surface area contributed by atoms with Crippen LogP contribution in [0.3, 0.4) is 0 Å². The third kappa shape index (κ3) is 6.05. The van der Waals surface area contributed by atoms with Crippen molar-refractivity contribution in [1.82, 2.24) is 4.90 Å². The molecule has 0 aromatic heterocycles. The van der Waals surface area contributed by atoms with Crippen molar-refractivity contribution in [3.63, 3.8) is 0 Å². The predicted molar refractivity (Wildman–Crippen MR) is 116 cm³/mol. The smallest absolute Gasteiger partial charge is 0.338 e. The molecule has 1 aliphatic heterocycles. The normalized spacial score (nSPS) is 19.9. The quantitative estimate of drug-likeness (QED) is 0.755. The average molecular weight is 397 g/mol. The molecule has 5 nitrogen and oxygen atoms in total. The molecule has 0 saturated carbocycles. The molecule has 0 aliphatic carbocycles. The molecule has 3 rings (SSSR count). The molecule has 156 valence electrons.